The van der Waals surface area contributed by atoms with E-state index in [9.17, 15) is 9.90 Å². The van der Waals surface area contributed by atoms with Gasteiger partial charge in [-0.25, -0.2) is 4.79 Å². The van der Waals surface area contributed by atoms with Gasteiger partial charge in [-0.3, -0.25) is 0 Å². The highest BCUT2D eigenvalue weighted by molar-refractivity contribution is 5.88. The minimum Gasteiger partial charge on any atom is -0.466 e. The van der Waals surface area contributed by atoms with Gasteiger partial charge in [-0.2, -0.15) is 0 Å². The smallest absolute Gasteiger partial charge is 0.336 e. The SMILES string of the molecule is C=C(C(=O)OC)C(O)c1ccccc1. The summed E-state index contributed by atoms with van der Waals surface area (Å²) in [6, 6.07) is 8.83. The first-order valence-electron chi connectivity index (χ1n) is 4.17. The van der Waals surface area contributed by atoms with Crippen LogP contribution in [0.2, 0.25) is 0 Å². The molecular formula is C11H12O3. The van der Waals surface area contributed by atoms with E-state index in [0.717, 1.165) is 0 Å². The molecule has 0 bridgehead atoms. The van der Waals surface area contributed by atoms with Crippen molar-refractivity contribution in [2.45, 2.75) is 6.10 Å². The van der Waals surface area contributed by atoms with Gasteiger partial charge < -0.3 is 9.84 Å². The molecule has 0 radical (unpaired) electrons. The number of aliphatic hydroxyl groups is 1. The lowest BCUT2D eigenvalue weighted by Crippen LogP contribution is -2.11. The molecule has 0 aliphatic heterocycles. The van der Waals surface area contributed by atoms with Crippen LogP contribution in [0.1, 0.15) is 11.7 Å². The highest BCUT2D eigenvalue weighted by atomic mass is 16.5. The molecule has 14 heavy (non-hydrogen) atoms. The molecule has 0 spiro atoms. The Balaban J connectivity index is 2.81. The molecule has 0 saturated heterocycles. The van der Waals surface area contributed by atoms with Gasteiger partial charge in [0.15, 0.2) is 0 Å². The van der Waals surface area contributed by atoms with Crippen molar-refractivity contribution in [1.29, 1.82) is 0 Å². The third-order valence-electron chi connectivity index (χ3n) is 1.89. The van der Waals surface area contributed by atoms with E-state index in [0.29, 0.717) is 5.56 Å². The third-order valence-corrected chi connectivity index (χ3v) is 1.89. The summed E-state index contributed by atoms with van der Waals surface area (Å²) in [7, 11) is 1.26. The Labute approximate surface area is 82.6 Å². The van der Waals surface area contributed by atoms with E-state index in [1.54, 1.807) is 24.3 Å². The number of hydrogen-bond acceptors (Lipinski definition) is 3. The van der Waals surface area contributed by atoms with Gasteiger partial charge >= 0.3 is 5.97 Å². The second kappa shape index (κ2) is 4.58. The average molecular weight is 192 g/mol. The highest BCUT2D eigenvalue weighted by Crippen LogP contribution is 2.20. The van der Waals surface area contributed by atoms with Crippen molar-refractivity contribution < 1.29 is 14.6 Å². The molecule has 0 amide bonds. The minimum atomic E-state index is -0.997. The summed E-state index contributed by atoms with van der Waals surface area (Å²) in [5.74, 6) is -0.596. The molecule has 1 rings (SSSR count). The highest BCUT2D eigenvalue weighted by Gasteiger charge is 2.18. The third kappa shape index (κ3) is 2.20. The summed E-state index contributed by atoms with van der Waals surface area (Å²) < 4.78 is 4.46. The van der Waals surface area contributed by atoms with E-state index in [1.807, 2.05) is 6.07 Å². The molecule has 0 fully saturated rings. The second-order valence-corrected chi connectivity index (χ2v) is 2.83. The van der Waals surface area contributed by atoms with Gasteiger partial charge in [0.25, 0.3) is 0 Å². The minimum absolute atomic E-state index is 0.0405. The lowest BCUT2D eigenvalue weighted by molar-refractivity contribution is -0.137. The van der Waals surface area contributed by atoms with Crippen molar-refractivity contribution in [1.82, 2.24) is 0 Å². The number of aliphatic hydroxyl groups excluding tert-OH is 1. The maximum atomic E-state index is 11.0. The van der Waals surface area contributed by atoms with Gasteiger partial charge in [0.05, 0.1) is 12.7 Å². The zero-order valence-electron chi connectivity index (χ0n) is 7.93. The number of esters is 1. The molecule has 0 aliphatic carbocycles. The molecule has 0 heterocycles. The van der Waals surface area contributed by atoms with Gasteiger partial charge in [0.1, 0.15) is 6.10 Å². The fraction of sp³-hybridized carbons (Fsp3) is 0.182. The van der Waals surface area contributed by atoms with Crippen LogP contribution in [0.25, 0.3) is 0 Å². The predicted molar refractivity (Wildman–Crippen MR) is 52.6 cm³/mol. The van der Waals surface area contributed by atoms with Crippen LogP contribution in [-0.2, 0) is 9.53 Å². The summed E-state index contributed by atoms with van der Waals surface area (Å²) >= 11 is 0. The maximum Gasteiger partial charge on any atom is 0.336 e. The Bertz CT molecular complexity index is 330. The Kier molecular flexibility index (Phi) is 3.42. The Hall–Kier alpha value is -1.61. The number of ether oxygens (including phenoxy) is 1. The van der Waals surface area contributed by atoms with Crippen molar-refractivity contribution >= 4 is 5.97 Å². The lowest BCUT2D eigenvalue weighted by atomic mass is 10.0. The van der Waals surface area contributed by atoms with Crippen molar-refractivity contribution in [2.24, 2.45) is 0 Å². The summed E-state index contributed by atoms with van der Waals surface area (Å²) in [5.41, 5.74) is 0.668. The first kappa shape index (κ1) is 10.5. The largest absolute Gasteiger partial charge is 0.466 e. The Morgan fingerprint density at radius 3 is 2.50 bits per heavy atom. The lowest BCUT2D eigenvalue weighted by Gasteiger charge is -2.11. The summed E-state index contributed by atoms with van der Waals surface area (Å²) in [6.07, 6.45) is -0.997. The predicted octanol–water partition coefficient (Wildman–Crippen LogP) is 1.45. The van der Waals surface area contributed by atoms with Gasteiger partial charge in [0, 0.05) is 0 Å². The number of carbonyl (C=O) groups is 1. The fourth-order valence-corrected chi connectivity index (χ4v) is 1.08. The van der Waals surface area contributed by atoms with Gasteiger partial charge in [-0.05, 0) is 5.56 Å². The number of methoxy groups -OCH3 is 1. The average Bonchev–Trinajstić information content (AvgIpc) is 2.27. The number of hydrogen-bond donors (Lipinski definition) is 1. The van der Waals surface area contributed by atoms with Crippen LogP contribution in [0.15, 0.2) is 42.5 Å². The van der Waals surface area contributed by atoms with E-state index in [2.05, 4.69) is 11.3 Å². The Morgan fingerprint density at radius 1 is 1.43 bits per heavy atom. The van der Waals surface area contributed by atoms with Crippen molar-refractivity contribution in [3.8, 4) is 0 Å². The van der Waals surface area contributed by atoms with E-state index in [4.69, 9.17) is 0 Å². The second-order valence-electron chi connectivity index (χ2n) is 2.83. The molecule has 74 valence electrons. The summed E-state index contributed by atoms with van der Waals surface area (Å²) in [6.45, 7) is 3.48. The van der Waals surface area contributed by atoms with Gasteiger partial charge in [0.2, 0.25) is 0 Å². The number of carbonyl (C=O) groups excluding carboxylic acids is 1. The molecule has 3 nitrogen and oxygen atoms in total. The fourth-order valence-electron chi connectivity index (χ4n) is 1.08. The molecule has 1 unspecified atom stereocenters. The zero-order chi connectivity index (χ0) is 10.6. The molecular weight excluding hydrogens is 180 g/mol. The molecule has 1 aromatic carbocycles. The van der Waals surface area contributed by atoms with Gasteiger partial charge in [-0.1, -0.05) is 36.9 Å². The van der Waals surface area contributed by atoms with E-state index in [1.165, 1.54) is 7.11 Å². The zero-order valence-corrected chi connectivity index (χ0v) is 7.93. The Morgan fingerprint density at radius 2 is 2.00 bits per heavy atom. The molecule has 0 saturated carbocycles. The van der Waals surface area contributed by atoms with Gasteiger partial charge in [-0.15, -0.1) is 0 Å². The topological polar surface area (TPSA) is 46.5 Å². The van der Waals surface area contributed by atoms with E-state index >= 15 is 0 Å². The molecule has 1 aromatic rings. The van der Waals surface area contributed by atoms with Crippen LogP contribution >= 0.6 is 0 Å². The normalized spacial score (nSPS) is 11.9. The van der Waals surface area contributed by atoms with E-state index < -0.39 is 12.1 Å². The van der Waals surface area contributed by atoms with Crippen molar-refractivity contribution in [3.63, 3.8) is 0 Å². The van der Waals surface area contributed by atoms with Crippen LogP contribution in [0.3, 0.4) is 0 Å². The molecule has 0 aromatic heterocycles. The van der Waals surface area contributed by atoms with Crippen LogP contribution in [0.4, 0.5) is 0 Å². The van der Waals surface area contributed by atoms with Crippen molar-refractivity contribution in [3.05, 3.63) is 48.0 Å². The summed E-state index contributed by atoms with van der Waals surface area (Å²) in [4.78, 5) is 11.0. The number of rotatable bonds is 3. The quantitative estimate of drug-likeness (QED) is 0.582. The summed E-state index contributed by atoms with van der Waals surface area (Å²) in [5, 5.41) is 9.69. The monoisotopic (exact) mass is 192 g/mol. The van der Waals surface area contributed by atoms with Crippen LogP contribution < -0.4 is 0 Å². The number of benzene rings is 1. The van der Waals surface area contributed by atoms with E-state index in [-0.39, 0.29) is 5.57 Å². The van der Waals surface area contributed by atoms with Crippen molar-refractivity contribution in [2.75, 3.05) is 7.11 Å². The first-order chi connectivity index (χ1) is 6.66. The molecule has 1 atom stereocenters. The standard InChI is InChI=1S/C11H12O3/c1-8(11(13)14-2)10(12)9-6-4-3-5-7-9/h3-7,10,12H,1H2,2H3. The molecule has 3 heteroatoms. The molecule has 1 N–H and O–H groups in total. The molecule has 0 aliphatic rings. The van der Waals surface area contributed by atoms with Crippen LogP contribution in [0.5, 0.6) is 0 Å². The first-order valence-corrected chi connectivity index (χ1v) is 4.17. The van der Waals surface area contributed by atoms with Crippen LogP contribution in [-0.4, -0.2) is 18.2 Å². The van der Waals surface area contributed by atoms with Crippen LogP contribution in [0, 0.1) is 0 Å². The maximum absolute atomic E-state index is 11.0.